The van der Waals surface area contributed by atoms with Gasteiger partial charge in [0.25, 0.3) is 5.91 Å². The maximum atomic E-state index is 13.4. The van der Waals surface area contributed by atoms with Gasteiger partial charge in [-0.3, -0.25) is 9.59 Å². The first-order chi connectivity index (χ1) is 15.9. The van der Waals surface area contributed by atoms with E-state index in [1.807, 2.05) is 31.2 Å². The zero-order valence-electron chi connectivity index (χ0n) is 18.4. The van der Waals surface area contributed by atoms with Crippen LogP contribution in [0.2, 0.25) is 5.02 Å². The molecule has 0 aliphatic carbocycles. The molecule has 0 bridgehead atoms. The Hall–Kier alpha value is -3.90. The first-order valence-electron chi connectivity index (χ1n) is 10.3. The van der Waals surface area contributed by atoms with Gasteiger partial charge in [0, 0.05) is 16.1 Å². The average Bonchev–Trinajstić information content (AvgIpc) is 2.81. The van der Waals surface area contributed by atoms with Crippen LogP contribution in [0.1, 0.15) is 21.6 Å². The standard InChI is InChI=1S/C26H22ClN3O3/c1-16-9-4-5-12-20(16)26(32)28-25-23(21-13-6-7-14-22(21)33-3)24(31)17(2)29-30(25)19-11-8-10-18(27)15-19/h4-15H,1-3H3,(H,28,32). The van der Waals surface area contributed by atoms with E-state index in [0.29, 0.717) is 27.6 Å². The number of methoxy groups -OCH3 is 1. The minimum absolute atomic E-state index is 0.227. The van der Waals surface area contributed by atoms with E-state index < -0.39 is 0 Å². The molecule has 0 unspecified atom stereocenters. The Labute approximate surface area is 196 Å². The van der Waals surface area contributed by atoms with Crippen molar-refractivity contribution in [3.8, 4) is 22.6 Å². The number of carbonyl (C=O) groups is 1. The van der Waals surface area contributed by atoms with Crippen molar-refractivity contribution >= 4 is 23.3 Å². The Morgan fingerprint density at radius 3 is 2.45 bits per heavy atom. The van der Waals surface area contributed by atoms with Crippen molar-refractivity contribution in [3.63, 3.8) is 0 Å². The molecule has 1 aromatic heterocycles. The molecule has 3 aromatic carbocycles. The monoisotopic (exact) mass is 459 g/mol. The number of para-hydroxylation sites is 1. The van der Waals surface area contributed by atoms with Crippen LogP contribution in [0.15, 0.2) is 77.6 Å². The van der Waals surface area contributed by atoms with Gasteiger partial charge in [-0.25, -0.2) is 4.68 Å². The maximum Gasteiger partial charge on any atom is 0.257 e. The van der Waals surface area contributed by atoms with Crippen molar-refractivity contribution in [1.29, 1.82) is 0 Å². The lowest BCUT2D eigenvalue weighted by Gasteiger charge is -2.20. The lowest BCUT2D eigenvalue weighted by atomic mass is 10.0. The highest BCUT2D eigenvalue weighted by Crippen LogP contribution is 2.34. The Balaban J connectivity index is 2.02. The van der Waals surface area contributed by atoms with Crippen molar-refractivity contribution in [1.82, 2.24) is 9.78 Å². The van der Waals surface area contributed by atoms with Gasteiger partial charge in [0.2, 0.25) is 5.43 Å². The van der Waals surface area contributed by atoms with Crippen LogP contribution in [-0.4, -0.2) is 22.8 Å². The number of hydrogen-bond acceptors (Lipinski definition) is 4. The molecule has 0 aliphatic heterocycles. The summed E-state index contributed by atoms with van der Waals surface area (Å²) in [6.45, 7) is 3.49. The number of benzene rings is 3. The summed E-state index contributed by atoms with van der Waals surface area (Å²) in [5.74, 6) is 0.375. The van der Waals surface area contributed by atoms with Crippen LogP contribution < -0.4 is 15.5 Å². The van der Waals surface area contributed by atoms with Gasteiger partial charge in [0.15, 0.2) is 0 Å². The first kappa shape index (κ1) is 22.3. The van der Waals surface area contributed by atoms with Crippen molar-refractivity contribution in [3.05, 3.63) is 105 Å². The van der Waals surface area contributed by atoms with E-state index in [2.05, 4.69) is 10.4 Å². The van der Waals surface area contributed by atoms with E-state index >= 15 is 0 Å². The Bertz CT molecular complexity index is 1410. The van der Waals surface area contributed by atoms with Crippen molar-refractivity contribution in [2.45, 2.75) is 13.8 Å². The molecule has 33 heavy (non-hydrogen) atoms. The summed E-state index contributed by atoms with van der Waals surface area (Å²) < 4.78 is 7.05. The van der Waals surface area contributed by atoms with Crippen molar-refractivity contribution in [2.24, 2.45) is 0 Å². The van der Waals surface area contributed by atoms with E-state index in [1.54, 1.807) is 55.5 Å². The number of nitrogens with one attached hydrogen (secondary N) is 1. The second-order valence-corrected chi connectivity index (χ2v) is 7.94. The van der Waals surface area contributed by atoms with Gasteiger partial charge >= 0.3 is 0 Å². The largest absolute Gasteiger partial charge is 0.496 e. The Kier molecular flexibility index (Phi) is 6.29. The molecule has 1 heterocycles. The minimum atomic E-state index is -0.356. The molecule has 0 radical (unpaired) electrons. The number of halogens is 1. The zero-order chi connectivity index (χ0) is 23.5. The Morgan fingerprint density at radius 2 is 1.73 bits per heavy atom. The van der Waals surface area contributed by atoms with Crippen LogP contribution in [0.3, 0.4) is 0 Å². The number of carbonyl (C=O) groups excluding carboxylic acids is 1. The van der Waals surface area contributed by atoms with E-state index in [0.717, 1.165) is 5.56 Å². The molecule has 166 valence electrons. The number of hydrogen-bond donors (Lipinski definition) is 1. The van der Waals surface area contributed by atoms with Gasteiger partial charge in [-0.15, -0.1) is 0 Å². The fraction of sp³-hybridized carbons (Fsp3) is 0.115. The molecule has 0 spiro atoms. The number of aromatic nitrogens is 2. The van der Waals surface area contributed by atoms with E-state index in [4.69, 9.17) is 16.3 Å². The predicted molar refractivity (Wildman–Crippen MR) is 131 cm³/mol. The molecular weight excluding hydrogens is 438 g/mol. The fourth-order valence-electron chi connectivity index (χ4n) is 3.65. The van der Waals surface area contributed by atoms with E-state index in [1.165, 1.54) is 11.8 Å². The molecule has 7 heteroatoms. The summed E-state index contributed by atoms with van der Waals surface area (Å²) in [6.07, 6.45) is 0. The summed E-state index contributed by atoms with van der Waals surface area (Å²) in [6, 6.07) is 21.5. The summed E-state index contributed by atoms with van der Waals surface area (Å²) in [7, 11) is 1.54. The van der Waals surface area contributed by atoms with Gasteiger partial charge < -0.3 is 10.1 Å². The fourth-order valence-corrected chi connectivity index (χ4v) is 3.84. The van der Waals surface area contributed by atoms with Gasteiger partial charge in [0.1, 0.15) is 17.3 Å². The highest BCUT2D eigenvalue weighted by Gasteiger charge is 2.23. The van der Waals surface area contributed by atoms with Gasteiger partial charge in [-0.2, -0.15) is 5.10 Å². The van der Waals surface area contributed by atoms with Crippen LogP contribution in [0.4, 0.5) is 5.82 Å². The molecular formula is C26H22ClN3O3. The number of amides is 1. The van der Waals surface area contributed by atoms with Crippen LogP contribution in [0, 0.1) is 13.8 Å². The summed E-state index contributed by atoms with van der Waals surface area (Å²) in [5.41, 5.74) is 2.69. The molecule has 0 saturated carbocycles. The smallest absolute Gasteiger partial charge is 0.257 e. The van der Waals surface area contributed by atoms with Crippen LogP contribution in [0.25, 0.3) is 16.8 Å². The molecule has 0 atom stereocenters. The quantitative estimate of drug-likeness (QED) is 0.432. The third kappa shape index (κ3) is 4.38. The molecule has 0 aliphatic rings. The molecule has 0 saturated heterocycles. The van der Waals surface area contributed by atoms with Crippen LogP contribution >= 0.6 is 11.6 Å². The summed E-state index contributed by atoms with van der Waals surface area (Å²) >= 11 is 6.23. The maximum absolute atomic E-state index is 13.4. The zero-order valence-corrected chi connectivity index (χ0v) is 19.2. The highest BCUT2D eigenvalue weighted by atomic mass is 35.5. The molecule has 4 rings (SSSR count). The van der Waals surface area contributed by atoms with Crippen molar-refractivity contribution < 1.29 is 9.53 Å². The summed E-state index contributed by atoms with van der Waals surface area (Å²) in [4.78, 5) is 26.7. The Morgan fingerprint density at radius 1 is 1.00 bits per heavy atom. The molecule has 0 fully saturated rings. The first-order valence-corrected chi connectivity index (χ1v) is 10.7. The summed E-state index contributed by atoms with van der Waals surface area (Å²) in [5, 5.41) is 7.92. The average molecular weight is 460 g/mol. The normalized spacial score (nSPS) is 10.7. The van der Waals surface area contributed by atoms with E-state index in [-0.39, 0.29) is 28.4 Å². The minimum Gasteiger partial charge on any atom is -0.496 e. The van der Waals surface area contributed by atoms with Gasteiger partial charge in [-0.1, -0.05) is 54.1 Å². The third-order valence-electron chi connectivity index (χ3n) is 5.30. The highest BCUT2D eigenvalue weighted by molar-refractivity contribution is 6.30. The third-order valence-corrected chi connectivity index (χ3v) is 5.54. The second-order valence-electron chi connectivity index (χ2n) is 7.50. The molecule has 4 aromatic rings. The number of nitrogens with zero attached hydrogens (tertiary/aromatic N) is 2. The molecule has 1 N–H and O–H groups in total. The van der Waals surface area contributed by atoms with Crippen molar-refractivity contribution in [2.75, 3.05) is 12.4 Å². The van der Waals surface area contributed by atoms with Gasteiger partial charge in [-0.05, 0) is 49.7 Å². The lowest BCUT2D eigenvalue weighted by molar-refractivity contribution is 0.102. The molecule has 6 nitrogen and oxygen atoms in total. The predicted octanol–water partition coefficient (Wildman–Crippen LogP) is 5.43. The number of ether oxygens (including phenoxy) is 1. The van der Waals surface area contributed by atoms with Crippen LogP contribution in [-0.2, 0) is 0 Å². The molecule has 1 amide bonds. The SMILES string of the molecule is COc1ccccc1-c1c(NC(=O)c2ccccc2C)n(-c2cccc(Cl)c2)nc(C)c1=O. The number of rotatable bonds is 5. The number of aryl methyl sites for hydroxylation is 2. The topological polar surface area (TPSA) is 73.2 Å². The van der Waals surface area contributed by atoms with Gasteiger partial charge in [0.05, 0.1) is 18.4 Å². The second kappa shape index (κ2) is 9.30. The van der Waals surface area contributed by atoms with E-state index in [9.17, 15) is 9.59 Å². The number of anilines is 1. The lowest BCUT2D eigenvalue weighted by Crippen LogP contribution is -2.25. The van der Waals surface area contributed by atoms with Crippen LogP contribution in [0.5, 0.6) is 5.75 Å².